The molecule has 9 N–H and O–H groups in total. The van der Waals surface area contributed by atoms with Crippen LogP contribution in [0, 0.1) is 29.4 Å². The maximum Gasteiger partial charge on any atom is 0.306 e. The summed E-state index contributed by atoms with van der Waals surface area (Å²) in [6.45, 7) is 2.49. The highest BCUT2D eigenvalue weighted by atomic mass is 32.2. The number of rotatable bonds is 19. The second-order valence-corrected chi connectivity index (χ2v) is 17.4. The van der Waals surface area contributed by atoms with Crippen LogP contribution in [-0.2, 0) is 29.2 Å². The average molecular weight is 889 g/mol. The number of nitrogens with one attached hydrogen (secondary N) is 4. The zero-order valence-electron chi connectivity index (χ0n) is 34.2. The third-order valence-corrected chi connectivity index (χ3v) is 11.4. The van der Waals surface area contributed by atoms with E-state index >= 15 is 0 Å². The SMILES string of the molecule is CC(C)[C@H](NC(=O)C[C@H](O)[C@H](COc1cc(F)cc(F)c1)NC(=O)c1cc(C(=O)N[C@H](N)c2ccccc2)cc(N(C)S(C)(=O)=O)c1)C(=O)NC1CC(C(=O)O)C[C@H](C(=O)O)C1. The van der Waals surface area contributed by atoms with Crippen LogP contribution in [0.5, 0.6) is 5.75 Å². The molecule has 1 aliphatic rings. The molecule has 1 aliphatic carbocycles. The van der Waals surface area contributed by atoms with Crippen molar-refractivity contribution in [2.75, 3.05) is 24.2 Å². The zero-order valence-corrected chi connectivity index (χ0v) is 35.0. The van der Waals surface area contributed by atoms with Gasteiger partial charge >= 0.3 is 11.9 Å². The summed E-state index contributed by atoms with van der Waals surface area (Å²) < 4.78 is 59.4. The van der Waals surface area contributed by atoms with Crippen molar-refractivity contribution in [3.63, 3.8) is 0 Å². The summed E-state index contributed by atoms with van der Waals surface area (Å²) in [7, 11) is -2.76. The second kappa shape index (κ2) is 21.1. The molecule has 21 heteroatoms. The number of ether oxygens (including phenoxy) is 1. The van der Waals surface area contributed by atoms with E-state index in [0.29, 0.717) is 11.6 Å². The van der Waals surface area contributed by atoms with E-state index in [-0.39, 0.29) is 41.8 Å². The van der Waals surface area contributed by atoms with Gasteiger partial charge < -0.3 is 47.1 Å². The number of benzene rings is 3. The number of anilines is 1. The van der Waals surface area contributed by atoms with Crippen LogP contribution in [0.2, 0.25) is 0 Å². The Labute approximate surface area is 356 Å². The summed E-state index contributed by atoms with van der Waals surface area (Å²) in [4.78, 5) is 77.6. The molecule has 3 aromatic rings. The van der Waals surface area contributed by atoms with E-state index in [4.69, 9.17) is 10.5 Å². The van der Waals surface area contributed by atoms with Crippen LogP contribution in [0.1, 0.15) is 72.0 Å². The quantitative estimate of drug-likeness (QED) is 0.0800. The van der Waals surface area contributed by atoms with Gasteiger partial charge in [0.05, 0.1) is 42.3 Å². The molecule has 0 aliphatic heterocycles. The first kappa shape index (κ1) is 48.5. The Morgan fingerprint density at radius 1 is 0.839 bits per heavy atom. The van der Waals surface area contributed by atoms with Crippen LogP contribution in [0.15, 0.2) is 66.7 Å². The molecule has 0 aromatic heterocycles. The van der Waals surface area contributed by atoms with Crippen LogP contribution in [0.3, 0.4) is 0 Å². The summed E-state index contributed by atoms with van der Waals surface area (Å²) in [5.74, 6) is -10.9. The molecule has 1 saturated carbocycles. The third kappa shape index (κ3) is 13.7. The fourth-order valence-corrected chi connectivity index (χ4v) is 7.23. The van der Waals surface area contributed by atoms with Crippen molar-refractivity contribution in [3.05, 3.63) is 95.1 Å². The molecule has 0 radical (unpaired) electrons. The molecule has 2 unspecified atom stereocenters. The molecule has 7 atom stereocenters. The Hall–Kier alpha value is -6.19. The average Bonchev–Trinajstić information content (AvgIpc) is 3.20. The largest absolute Gasteiger partial charge is 0.491 e. The van der Waals surface area contributed by atoms with E-state index in [1.807, 2.05) is 0 Å². The molecule has 4 amide bonds. The first-order chi connectivity index (χ1) is 29.0. The fraction of sp³-hybridized carbons (Fsp3) is 0.415. The lowest BCUT2D eigenvalue weighted by Crippen LogP contribution is -2.55. The zero-order chi connectivity index (χ0) is 46.1. The minimum atomic E-state index is -3.94. The van der Waals surface area contributed by atoms with Gasteiger partial charge in [0, 0.05) is 42.4 Å². The topological polar surface area (TPSA) is 284 Å². The molecular weight excluding hydrogens is 839 g/mol. The number of sulfonamides is 1. The number of carbonyl (C=O) groups excluding carboxylic acids is 4. The smallest absolute Gasteiger partial charge is 0.306 e. The van der Waals surface area contributed by atoms with Gasteiger partial charge in [-0.05, 0) is 48.9 Å². The minimum absolute atomic E-state index is 0.0419. The van der Waals surface area contributed by atoms with Crippen LogP contribution >= 0.6 is 0 Å². The minimum Gasteiger partial charge on any atom is -0.491 e. The molecule has 62 heavy (non-hydrogen) atoms. The van der Waals surface area contributed by atoms with Crippen LogP contribution in [0.4, 0.5) is 14.5 Å². The van der Waals surface area contributed by atoms with Gasteiger partial charge in [0.2, 0.25) is 21.8 Å². The van der Waals surface area contributed by atoms with E-state index in [0.717, 1.165) is 34.8 Å². The number of nitrogens with two attached hydrogens (primary N) is 1. The first-order valence-corrected chi connectivity index (χ1v) is 21.2. The Balaban J connectivity index is 1.58. The lowest BCUT2D eigenvalue weighted by molar-refractivity contribution is -0.149. The Morgan fingerprint density at radius 3 is 1.90 bits per heavy atom. The monoisotopic (exact) mass is 888 g/mol. The molecule has 0 saturated heterocycles. The van der Waals surface area contributed by atoms with Crippen LogP contribution < -0.4 is 36.0 Å². The van der Waals surface area contributed by atoms with E-state index in [1.54, 1.807) is 44.2 Å². The van der Waals surface area contributed by atoms with Gasteiger partial charge in [0.25, 0.3) is 11.8 Å². The molecule has 18 nitrogen and oxygen atoms in total. The number of hydrogen-bond acceptors (Lipinski definition) is 11. The van der Waals surface area contributed by atoms with Crippen molar-refractivity contribution < 1.29 is 66.0 Å². The van der Waals surface area contributed by atoms with Gasteiger partial charge in [0.1, 0.15) is 36.2 Å². The molecule has 0 heterocycles. The lowest BCUT2D eigenvalue weighted by atomic mass is 9.78. The van der Waals surface area contributed by atoms with Gasteiger partial charge in [-0.2, -0.15) is 0 Å². The Bertz CT molecular complexity index is 2210. The number of carboxylic acids is 2. The Kier molecular flexibility index (Phi) is 16.5. The highest BCUT2D eigenvalue weighted by Gasteiger charge is 2.38. The molecule has 0 bridgehead atoms. The maximum absolute atomic E-state index is 14.0. The molecule has 0 spiro atoms. The number of nitrogens with zero attached hydrogens (tertiary/aromatic N) is 1. The van der Waals surface area contributed by atoms with Crippen molar-refractivity contribution in [2.45, 2.75) is 69.9 Å². The van der Waals surface area contributed by atoms with Crippen molar-refractivity contribution >= 4 is 51.3 Å². The summed E-state index contributed by atoms with van der Waals surface area (Å²) in [5, 5.41) is 40.7. The van der Waals surface area contributed by atoms with Gasteiger partial charge in [-0.1, -0.05) is 44.2 Å². The second-order valence-electron chi connectivity index (χ2n) is 15.4. The number of aliphatic hydroxyl groups excluding tert-OH is 1. The lowest BCUT2D eigenvalue weighted by Gasteiger charge is -2.33. The fourth-order valence-electron chi connectivity index (χ4n) is 6.74. The van der Waals surface area contributed by atoms with Crippen molar-refractivity contribution in [1.82, 2.24) is 21.3 Å². The van der Waals surface area contributed by atoms with Gasteiger partial charge in [-0.3, -0.25) is 33.1 Å². The predicted octanol–water partition coefficient (Wildman–Crippen LogP) is 1.89. The van der Waals surface area contributed by atoms with Crippen LogP contribution in [0.25, 0.3) is 0 Å². The van der Waals surface area contributed by atoms with E-state index in [1.165, 1.54) is 13.1 Å². The summed E-state index contributed by atoms with van der Waals surface area (Å²) in [6, 6.07) is 10.5. The predicted molar refractivity (Wildman–Crippen MR) is 219 cm³/mol. The standard InChI is InChI=1S/C41H50F2N6O12S/c1-21(2)35(39(54)45-29-12-25(40(55)56)11-26(13-29)41(57)58)47-34(51)19-33(50)32(20-61-31-17-27(42)16-28(43)18-31)46-37(52)23-10-24(15-30(14-23)49(3)62(4,59)60)38(53)48-36(44)22-8-6-5-7-9-22/h5-10,14-18,21,25-26,29,32-33,35-36,50H,11-13,19-20,44H2,1-4H3,(H,45,54)(H,46,52)(H,47,51)(H,48,53)(H,55,56)(H,57,58)/t25-,26?,29?,32-,33-,35-,36-/m0/s1. The van der Waals surface area contributed by atoms with E-state index in [9.17, 15) is 61.3 Å². The number of hydrogen-bond donors (Lipinski definition) is 8. The molecule has 4 rings (SSSR count). The van der Waals surface area contributed by atoms with Gasteiger partial charge in [-0.15, -0.1) is 0 Å². The summed E-state index contributed by atoms with van der Waals surface area (Å²) in [6.07, 6.45) is -2.93. The summed E-state index contributed by atoms with van der Waals surface area (Å²) in [5.41, 5.74) is 6.09. The van der Waals surface area contributed by atoms with Crippen molar-refractivity contribution in [1.29, 1.82) is 0 Å². The Morgan fingerprint density at radius 2 is 1.39 bits per heavy atom. The molecule has 336 valence electrons. The first-order valence-electron chi connectivity index (χ1n) is 19.4. The maximum atomic E-state index is 14.0. The number of aliphatic hydroxyl groups is 1. The normalized spacial score (nSPS) is 18.3. The number of halogens is 2. The highest BCUT2D eigenvalue weighted by molar-refractivity contribution is 7.92. The number of aliphatic carboxylic acids is 2. The molecule has 1 fully saturated rings. The van der Waals surface area contributed by atoms with E-state index < -0.39 is 118 Å². The highest BCUT2D eigenvalue weighted by Crippen LogP contribution is 2.30. The van der Waals surface area contributed by atoms with Crippen LogP contribution in [-0.4, -0.2) is 103 Å². The van der Waals surface area contributed by atoms with Gasteiger partial charge in [-0.25, -0.2) is 17.2 Å². The van der Waals surface area contributed by atoms with Gasteiger partial charge in [0.15, 0.2) is 0 Å². The van der Waals surface area contributed by atoms with Crippen molar-refractivity contribution in [3.8, 4) is 5.75 Å². The molecule has 3 aromatic carbocycles. The number of carbonyl (C=O) groups is 6. The molecular formula is C41H50F2N6O12S. The summed E-state index contributed by atoms with van der Waals surface area (Å²) >= 11 is 0. The van der Waals surface area contributed by atoms with E-state index in [2.05, 4.69) is 21.3 Å². The third-order valence-electron chi connectivity index (χ3n) is 10.2. The number of amides is 4. The van der Waals surface area contributed by atoms with Crippen molar-refractivity contribution in [2.24, 2.45) is 23.5 Å². The number of carboxylic acid groups (broad SMARTS) is 2.